The highest BCUT2D eigenvalue weighted by atomic mass is 79.9. The Kier molecular flexibility index (Phi) is 6.83. The highest BCUT2D eigenvalue weighted by molar-refractivity contribution is 9.10. The molecule has 0 spiro atoms. The molecule has 0 aromatic heterocycles. The maximum atomic E-state index is 11.7. The van der Waals surface area contributed by atoms with E-state index in [1.54, 1.807) is 0 Å². The van der Waals surface area contributed by atoms with Crippen molar-refractivity contribution in [2.45, 2.75) is 32.9 Å². The highest BCUT2D eigenvalue weighted by Crippen LogP contribution is 2.23. The van der Waals surface area contributed by atoms with Gasteiger partial charge in [0.2, 0.25) is 0 Å². The predicted octanol–water partition coefficient (Wildman–Crippen LogP) is 3.78. The Morgan fingerprint density at radius 3 is 2.74 bits per heavy atom. The van der Waals surface area contributed by atoms with E-state index < -0.39 is 0 Å². The first-order valence-electron chi connectivity index (χ1n) is 6.24. The molecule has 3 nitrogen and oxygen atoms in total. The van der Waals surface area contributed by atoms with Gasteiger partial charge in [0.05, 0.1) is 12.1 Å². The number of halogens is 2. The number of esters is 1. The van der Waals surface area contributed by atoms with Crippen LogP contribution in [0, 0.1) is 5.92 Å². The number of ether oxygens (including phenoxy) is 1. The smallest absolute Gasteiger partial charge is 0.323 e. The zero-order valence-electron chi connectivity index (χ0n) is 11.4. The topological polar surface area (TPSA) is 38.3 Å². The normalized spacial score (nSPS) is 13.9. The van der Waals surface area contributed by atoms with Gasteiger partial charge >= 0.3 is 5.97 Å². The number of carbonyl (C=O) groups is 1. The zero-order valence-corrected chi connectivity index (χ0v) is 13.7. The lowest BCUT2D eigenvalue weighted by Gasteiger charge is -2.22. The van der Waals surface area contributed by atoms with Crippen LogP contribution in [0.25, 0.3) is 0 Å². The molecule has 1 rings (SSSR count). The summed E-state index contributed by atoms with van der Waals surface area (Å²) in [7, 11) is 1.41. The SMILES string of the molecule is CCC(C)C(NCc1ccc(Cl)c(Br)c1)C(=O)OC. The van der Waals surface area contributed by atoms with Gasteiger partial charge in [-0.25, -0.2) is 0 Å². The van der Waals surface area contributed by atoms with Crippen molar-refractivity contribution in [2.75, 3.05) is 7.11 Å². The van der Waals surface area contributed by atoms with Crippen molar-refractivity contribution in [2.24, 2.45) is 5.92 Å². The first kappa shape index (κ1) is 16.5. The molecule has 1 aromatic carbocycles. The Labute approximate surface area is 127 Å². The van der Waals surface area contributed by atoms with Crippen LogP contribution in [-0.2, 0) is 16.1 Å². The summed E-state index contributed by atoms with van der Waals surface area (Å²) in [5.74, 6) is 0.00516. The van der Waals surface area contributed by atoms with E-state index in [0.29, 0.717) is 11.6 Å². The molecular formula is C14H19BrClNO2. The van der Waals surface area contributed by atoms with Crippen molar-refractivity contribution in [3.63, 3.8) is 0 Å². The maximum absolute atomic E-state index is 11.7. The highest BCUT2D eigenvalue weighted by Gasteiger charge is 2.24. The second-order valence-electron chi connectivity index (χ2n) is 4.52. The van der Waals surface area contributed by atoms with Crippen molar-refractivity contribution < 1.29 is 9.53 Å². The van der Waals surface area contributed by atoms with Gasteiger partial charge in [0, 0.05) is 11.0 Å². The van der Waals surface area contributed by atoms with Crippen LogP contribution >= 0.6 is 27.5 Å². The molecule has 2 atom stereocenters. The van der Waals surface area contributed by atoms with Gasteiger partial charge in [-0.2, -0.15) is 0 Å². The molecule has 1 N–H and O–H groups in total. The minimum Gasteiger partial charge on any atom is -0.468 e. The van der Waals surface area contributed by atoms with Crippen LogP contribution in [0.4, 0.5) is 0 Å². The van der Waals surface area contributed by atoms with Crippen molar-refractivity contribution >= 4 is 33.5 Å². The Bertz CT molecular complexity index is 439. The molecule has 0 saturated heterocycles. The number of rotatable bonds is 6. The molecule has 1 aromatic rings. The van der Waals surface area contributed by atoms with E-state index in [0.717, 1.165) is 16.5 Å². The lowest BCUT2D eigenvalue weighted by Crippen LogP contribution is -2.42. The summed E-state index contributed by atoms with van der Waals surface area (Å²) in [4.78, 5) is 11.7. The van der Waals surface area contributed by atoms with E-state index in [2.05, 4.69) is 28.2 Å². The lowest BCUT2D eigenvalue weighted by atomic mass is 9.99. The van der Waals surface area contributed by atoms with E-state index in [-0.39, 0.29) is 17.9 Å². The van der Waals surface area contributed by atoms with Crippen LogP contribution in [0.2, 0.25) is 5.02 Å². The second kappa shape index (κ2) is 7.88. The Balaban J connectivity index is 2.70. The number of methoxy groups -OCH3 is 1. The van der Waals surface area contributed by atoms with Crippen molar-refractivity contribution in [3.8, 4) is 0 Å². The average Bonchev–Trinajstić information content (AvgIpc) is 2.42. The van der Waals surface area contributed by atoms with Gasteiger partial charge in [-0.1, -0.05) is 37.9 Å². The van der Waals surface area contributed by atoms with E-state index in [1.165, 1.54) is 7.11 Å². The molecule has 0 bridgehead atoms. The molecule has 2 unspecified atom stereocenters. The van der Waals surface area contributed by atoms with Gasteiger partial charge in [-0.05, 0) is 39.5 Å². The molecule has 0 amide bonds. The molecular weight excluding hydrogens is 330 g/mol. The van der Waals surface area contributed by atoms with Crippen LogP contribution in [0.5, 0.6) is 0 Å². The molecule has 0 radical (unpaired) electrons. The fourth-order valence-corrected chi connectivity index (χ4v) is 2.30. The molecule has 0 aliphatic rings. The quantitative estimate of drug-likeness (QED) is 0.795. The minimum absolute atomic E-state index is 0.220. The minimum atomic E-state index is -0.288. The number of benzene rings is 1. The third kappa shape index (κ3) is 4.79. The zero-order chi connectivity index (χ0) is 14.4. The first-order valence-corrected chi connectivity index (χ1v) is 7.41. The molecule has 0 aliphatic heterocycles. The molecule has 0 saturated carbocycles. The summed E-state index contributed by atoms with van der Waals surface area (Å²) in [6.45, 7) is 4.69. The molecule has 19 heavy (non-hydrogen) atoms. The fourth-order valence-electron chi connectivity index (χ4n) is 1.76. The van der Waals surface area contributed by atoms with Gasteiger partial charge in [0.1, 0.15) is 6.04 Å². The van der Waals surface area contributed by atoms with Crippen LogP contribution in [0.15, 0.2) is 22.7 Å². The lowest BCUT2D eigenvalue weighted by molar-refractivity contribution is -0.144. The summed E-state index contributed by atoms with van der Waals surface area (Å²) in [6.07, 6.45) is 0.914. The number of hydrogen-bond donors (Lipinski definition) is 1. The molecule has 0 fully saturated rings. The van der Waals surface area contributed by atoms with Crippen LogP contribution in [0.3, 0.4) is 0 Å². The summed E-state index contributed by atoms with van der Waals surface area (Å²) >= 11 is 9.33. The number of nitrogens with one attached hydrogen (secondary N) is 1. The van der Waals surface area contributed by atoms with Gasteiger partial charge in [0.25, 0.3) is 0 Å². The first-order chi connectivity index (χ1) is 8.99. The van der Waals surface area contributed by atoms with E-state index >= 15 is 0 Å². The summed E-state index contributed by atoms with van der Waals surface area (Å²) in [5.41, 5.74) is 1.06. The predicted molar refractivity (Wildman–Crippen MR) is 81.3 cm³/mol. The molecule has 0 aliphatic carbocycles. The Morgan fingerprint density at radius 1 is 1.53 bits per heavy atom. The third-order valence-corrected chi connectivity index (χ3v) is 4.39. The average molecular weight is 349 g/mol. The largest absolute Gasteiger partial charge is 0.468 e. The second-order valence-corrected chi connectivity index (χ2v) is 5.78. The molecule has 0 heterocycles. The number of hydrogen-bond acceptors (Lipinski definition) is 3. The van der Waals surface area contributed by atoms with E-state index in [1.807, 2.05) is 25.1 Å². The monoisotopic (exact) mass is 347 g/mol. The van der Waals surface area contributed by atoms with E-state index in [4.69, 9.17) is 16.3 Å². The van der Waals surface area contributed by atoms with Gasteiger partial charge in [-0.3, -0.25) is 4.79 Å². The van der Waals surface area contributed by atoms with Crippen molar-refractivity contribution in [1.29, 1.82) is 0 Å². The van der Waals surface area contributed by atoms with Gasteiger partial charge in [0.15, 0.2) is 0 Å². The van der Waals surface area contributed by atoms with E-state index in [9.17, 15) is 4.79 Å². The fraction of sp³-hybridized carbons (Fsp3) is 0.500. The van der Waals surface area contributed by atoms with Crippen molar-refractivity contribution in [1.82, 2.24) is 5.32 Å². The number of carbonyl (C=O) groups excluding carboxylic acids is 1. The van der Waals surface area contributed by atoms with Crippen LogP contribution < -0.4 is 5.32 Å². The molecule has 5 heteroatoms. The van der Waals surface area contributed by atoms with Gasteiger partial charge < -0.3 is 10.1 Å². The van der Waals surface area contributed by atoms with Crippen molar-refractivity contribution in [3.05, 3.63) is 33.3 Å². The van der Waals surface area contributed by atoms with Crippen LogP contribution in [0.1, 0.15) is 25.8 Å². The maximum Gasteiger partial charge on any atom is 0.323 e. The standard InChI is InChI=1S/C14H19BrClNO2/c1-4-9(2)13(14(18)19-3)17-8-10-5-6-12(16)11(15)7-10/h5-7,9,13,17H,4,8H2,1-3H3. The van der Waals surface area contributed by atoms with Gasteiger partial charge in [-0.15, -0.1) is 0 Å². The van der Waals surface area contributed by atoms with Crippen LogP contribution in [-0.4, -0.2) is 19.1 Å². The Hall–Kier alpha value is -0.580. The summed E-state index contributed by atoms with van der Waals surface area (Å²) in [5, 5.41) is 3.92. The molecule has 106 valence electrons. The Morgan fingerprint density at radius 2 is 2.21 bits per heavy atom. The summed E-state index contributed by atoms with van der Waals surface area (Å²) in [6, 6.07) is 5.43. The summed E-state index contributed by atoms with van der Waals surface area (Å²) < 4.78 is 5.69. The third-order valence-electron chi connectivity index (χ3n) is 3.18.